The fourth-order valence-electron chi connectivity index (χ4n) is 3.97. The maximum absolute atomic E-state index is 13.2. The first kappa shape index (κ1) is 28.3. The summed E-state index contributed by atoms with van der Waals surface area (Å²) in [5.74, 6) is 1.02. The van der Waals surface area contributed by atoms with E-state index in [1.165, 1.54) is 0 Å². The number of aromatic amines is 1. The SMILES string of the molecule is C#C[C@H](CC(=O)OCC)NC(=O)Cn1c(=O)[nH]c2ccc(N3CCN(C(=O)OC(C)(C)C)CC3)cc2c1=O. The monoisotopic (exact) mass is 527 g/mol. The van der Waals surface area contributed by atoms with Gasteiger partial charge in [0.1, 0.15) is 18.2 Å². The number of nitrogens with one attached hydrogen (secondary N) is 2. The van der Waals surface area contributed by atoms with Crippen molar-refractivity contribution < 1.29 is 23.9 Å². The average molecular weight is 528 g/mol. The van der Waals surface area contributed by atoms with E-state index in [9.17, 15) is 24.0 Å². The van der Waals surface area contributed by atoms with Crippen molar-refractivity contribution in [3.8, 4) is 12.3 Å². The fourth-order valence-corrected chi connectivity index (χ4v) is 3.97. The van der Waals surface area contributed by atoms with Crippen LogP contribution in [0.3, 0.4) is 0 Å². The summed E-state index contributed by atoms with van der Waals surface area (Å²) in [4.78, 5) is 68.5. The molecule has 1 saturated heterocycles. The van der Waals surface area contributed by atoms with E-state index in [1.807, 2.05) is 25.7 Å². The molecule has 204 valence electrons. The van der Waals surface area contributed by atoms with Crippen LogP contribution in [0.25, 0.3) is 10.9 Å². The molecule has 1 aromatic heterocycles. The van der Waals surface area contributed by atoms with Crippen molar-refractivity contribution in [2.75, 3.05) is 37.7 Å². The summed E-state index contributed by atoms with van der Waals surface area (Å²) >= 11 is 0. The lowest BCUT2D eigenvalue weighted by Gasteiger charge is -2.36. The second kappa shape index (κ2) is 11.9. The molecular weight excluding hydrogens is 494 g/mol. The Morgan fingerprint density at radius 2 is 1.84 bits per heavy atom. The van der Waals surface area contributed by atoms with Crippen molar-refractivity contribution >= 4 is 34.6 Å². The first-order chi connectivity index (χ1) is 17.9. The summed E-state index contributed by atoms with van der Waals surface area (Å²) < 4.78 is 11.0. The van der Waals surface area contributed by atoms with Gasteiger partial charge in [0.2, 0.25) is 5.91 Å². The van der Waals surface area contributed by atoms with Crippen molar-refractivity contribution in [2.45, 2.75) is 52.3 Å². The normalized spacial score (nSPS) is 14.5. The number of hydrogen-bond donors (Lipinski definition) is 2. The maximum Gasteiger partial charge on any atom is 0.410 e. The molecule has 2 N–H and O–H groups in total. The quantitative estimate of drug-likeness (QED) is 0.398. The van der Waals surface area contributed by atoms with Crippen molar-refractivity contribution in [3.63, 3.8) is 0 Å². The van der Waals surface area contributed by atoms with Gasteiger partial charge in [0.15, 0.2) is 0 Å². The molecule has 1 atom stereocenters. The minimum Gasteiger partial charge on any atom is -0.466 e. The number of aromatic nitrogens is 2. The average Bonchev–Trinajstić information content (AvgIpc) is 2.85. The van der Waals surface area contributed by atoms with E-state index in [1.54, 1.807) is 30.0 Å². The van der Waals surface area contributed by atoms with Crippen molar-refractivity contribution in [1.29, 1.82) is 0 Å². The largest absolute Gasteiger partial charge is 0.466 e. The van der Waals surface area contributed by atoms with Gasteiger partial charge in [-0.15, -0.1) is 6.42 Å². The topological polar surface area (TPSA) is 143 Å². The molecule has 0 unspecified atom stereocenters. The molecule has 2 heterocycles. The molecule has 1 aliphatic rings. The number of fused-ring (bicyclic) bond motifs is 1. The van der Waals surface area contributed by atoms with Gasteiger partial charge in [-0.1, -0.05) is 5.92 Å². The third-order valence-corrected chi connectivity index (χ3v) is 5.78. The zero-order valence-electron chi connectivity index (χ0n) is 22.0. The summed E-state index contributed by atoms with van der Waals surface area (Å²) in [6, 6.07) is 4.12. The van der Waals surface area contributed by atoms with Gasteiger partial charge >= 0.3 is 17.8 Å². The number of hydrogen-bond acceptors (Lipinski definition) is 8. The summed E-state index contributed by atoms with van der Waals surface area (Å²) in [6.07, 6.45) is 4.79. The Hall–Kier alpha value is -4.27. The highest BCUT2D eigenvalue weighted by Gasteiger charge is 2.26. The predicted molar refractivity (Wildman–Crippen MR) is 141 cm³/mol. The van der Waals surface area contributed by atoms with Crippen molar-refractivity contribution in [2.24, 2.45) is 0 Å². The molecule has 12 heteroatoms. The lowest BCUT2D eigenvalue weighted by molar-refractivity contribution is -0.143. The second-order valence-electron chi connectivity index (χ2n) is 9.80. The molecule has 3 rings (SSSR count). The molecule has 12 nitrogen and oxygen atoms in total. The third-order valence-electron chi connectivity index (χ3n) is 5.78. The number of rotatable bonds is 7. The fraction of sp³-hybridized carbons (Fsp3) is 0.500. The lowest BCUT2D eigenvalue weighted by Crippen LogP contribution is -2.50. The second-order valence-corrected chi connectivity index (χ2v) is 9.80. The van der Waals surface area contributed by atoms with Crippen LogP contribution in [-0.4, -0.2) is 76.8 Å². The van der Waals surface area contributed by atoms with Crippen LogP contribution < -0.4 is 21.5 Å². The highest BCUT2D eigenvalue weighted by atomic mass is 16.6. The Balaban J connectivity index is 1.74. The van der Waals surface area contributed by atoms with Gasteiger partial charge in [-0.2, -0.15) is 0 Å². The van der Waals surface area contributed by atoms with E-state index in [0.717, 1.165) is 10.3 Å². The Labute approximate surface area is 219 Å². The number of esters is 1. The highest BCUT2D eigenvalue weighted by Crippen LogP contribution is 2.21. The number of H-pyrrole nitrogens is 1. The molecule has 1 aromatic carbocycles. The molecule has 0 saturated carbocycles. The zero-order chi connectivity index (χ0) is 28.0. The van der Waals surface area contributed by atoms with Crippen molar-refractivity contribution in [1.82, 2.24) is 19.8 Å². The number of terminal acetylenes is 1. The molecule has 2 aromatic rings. The van der Waals surface area contributed by atoms with Gasteiger partial charge in [-0.05, 0) is 45.9 Å². The molecule has 1 fully saturated rings. The minimum atomic E-state index is -0.942. The maximum atomic E-state index is 13.2. The van der Waals surface area contributed by atoms with Crippen LogP contribution >= 0.6 is 0 Å². The number of carbonyl (C=O) groups excluding carboxylic acids is 3. The van der Waals surface area contributed by atoms with Crippen LogP contribution in [0.5, 0.6) is 0 Å². The molecule has 0 spiro atoms. The first-order valence-corrected chi connectivity index (χ1v) is 12.3. The smallest absolute Gasteiger partial charge is 0.410 e. The minimum absolute atomic E-state index is 0.174. The standard InChI is InChI=1S/C26H33N5O7/c1-6-17(14-22(33)37-7-2)27-21(32)16-31-23(34)19-15-18(8-9-20(19)28-24(31)35)29-10-12-30(13-11-29)25(36)38-26(3,4)5/h1,8-9,15,17H,7,10-14,16H2,2-5H3,(H,27,32)(H,28,35)/t17-/m1/s1. The number of nitrogens with zero attached hydrogens (tertiary/aromatic N) is 3. The third kappa shape index (κ3) is 7.15. The van der Waals surface area contributed by atoms with Crippen LogP contribution in [0.4, 0.5) is 10.5 Å². The first-order valence-electron chi connectivity index (χ1n) is 12.3. The molecular formula is C26H33N5O7. The van der Waals surface area contributed by atoms with Crippen molar-refractivity contribution in [3.05, 3.63) is 39.0 Å². The summed E-state index contributed by atoms with van der Waals surface area (Å²) in [5.41, 5.74) is -0.905. The lowest BCUT2D eigenvalue weighted by atomic mass is 10.2. The molecule has 38 heavy (non-hydrogen) atoms. The highest BCUT2D eigenvalue weighted by molar-refractivity contribution is 5.83. The predicted octanol–water partition coefficient (Wildman–Crippen LogP) is 0.818. The van der Waals surface area contributed by atoms with Crippen LogP contribution in [0, 0.1) is 12.3 Å². The Morgan fingerprint density at radius 1 is 1.16 bits per heavy atom. The van der Waals surface area contributed by atoms with Gasteiger partial charge in [0, 0.05) is 31.9 Å². The molecule has 0 bridgehead atoms. The van der Waals surface area contributed by atoms with E-state index in [0.29, 0.717) is 31.7 Å². The van der Waals surface area contributed by atoms with E-state index < -0.39 is 41.3 Å². The molecule has 1 aliphatic heterocycles. The summed E-state index contributed by atoms with van der Waals surface area (Å²) in [6.45, 7) is 8.63. The Morgan fingerprint density at radius 3 is 2.45 bits per heavy atom. The number of piperazine rings is 1. The number of benzene rings is 1. The van der Waals surface area contributed by atoms with Crippen LogP contribution in [0.2, 0.25) is 0 Å². The Kier molecular flexibility index (Phi) is 8.83. The zero-order valence-corrected chi connectivity index (χ0v) is 22.0. The Bertz CT molecular complexity index is 1360. The van der Waals surface area contributed by atoms with E-state index >= 15 is 0 Å². The van der Waals surface area contributed by atoms with Crippen LogP contribution in [0.1, 0.15) is 34.1 Å². The number of amides is 2. The van der Waals surface area contributed by atoms with E-state index in [2.05, 4.69) is 16.2 Å². The van der Waals surface area contributed by atoms with Gasteiger partial charge < -0.3 is 29.6 Å². The molecule has 2 amide bonds. The van der Waals surface area contributed by atoms with Crippen LogP contribution in [-0.2, 0) is 25.6 Å². The summed E-state index contributed by atoms with van der Waals surface area (Å²) in [7, 11) is 0. The van der Waals surface area contributed by atoms with Gasteiger partial charge in [0.05, 0.1) is 23.9 Å². The van der Waals surface area contributed by atoms with Crippen LogP contribution in [0.15, 0.2) is 27.8 Å². The van der Waals surface area contributed by atoms with Gasteiger partial charge in [-0.3, -0.25) is 19.0 Å². The van der Waals surface area contributed by atoms with E-state index in [-0.39, 0.29) is 24.5 Å². The summed E-state index contributed by atoms with van der Waals surface area (Å²) in [5, 5.41) is 2.68. The molecule has 0 radical (unpaired) electrons. The van der Waals surface area contributed by atoms with E-state index in [4.69, 9.17) is 15.9 Å². The number of anilines is 1. The number of ether oxygens (including phenoxy) is 2. The van der Waals surface area contributed by atoms with Gasteiger partial charge in [-0.25, -0.2) is 9.59 Å². The molecule has 0 aliphatic carbocycles. The van der Waals surface area contributed by atoms with Gasteiger partial charge in [0.25, 0.3) is 5.56 Å². The number of carbonyl (C=O) groups is 3.